The van der Waals surface area contributed by atoms with Crippen molar-refractivity contribution >= 4 is 11.1 Å². The van der Waals surface area contributed by atoms with Crippen LogP contribution in [0.1, 0.15) is 18.5 Å². The lowest BCUT2D eigenvalue weighted by molar-refractivity contribution is 0.549. The molecule has 0 aliphatic heterocycles. The summed E-state index contributed by atoms with van der Waals surface area (Å²) in [6.45, 7) is 1.85. The van der Waals surface area contributed by atoms with Crippen LogP contribution in [0.25, 0.3) is 11.1 Å². The van der Waals surface area contributed by atoms with Crippen molar-refractivity contribution < 1.29 is 4.42 Å². The first-order valence-electron chi connectivity index (χ1n) is 4.06. The van der Waals surface area contributed by atoms with E-state index in [1.165, 1.54) is 0 Å². The third-order valence-corrected chi connectivity index (χ3v) is 1.97. The largest absolute Gasteiger partial charge is 0.417 e. The molecule has 1 heterocycles. The number of hydrogen-bond donors (Lipinski definition) is 2. The van der Waals surface area contributed by atoms with Gasteiger partial charge in [0.1, 0.15) is 0 Å². The molecule has 0 saturated carbocycles. The number of nitrogens with one attached hydrogen (secondary N) is 1. The molecule has 2 aromatic rings. The molecule has 0 amide bonds. The highest BCUT2D eigenvalue weighted by Crippen LogP contribution is 2.19. The molecule has 4 heteroatoms. The lowest BCUT2D eigenvalue weighted by atomic mass is 10.1. The van der Waals surface area contributed by atoms with Gasteiger partial charge in [0.25, 0.3) is 0 Å². The standard InChI is InChI=1S/C9H10N2O2/c1-5(10)6-3-2-4-7-8(6)13-9(12)11-7/h2-5H,10H2,1H3,(H,11,12). The fraction of sp³-hybridized carbons (Fsp3) is 0.222. The lowest BCUT2D eigenvalue weighted by Crippen LogP contribution is -2.04. The number of aromatic nitrogens is 1. The third-order valence-electron chi connectivity index (χ3n) is 1.97. The lowest BCUT2D eigenvalue weighted by Gasteiger charge is -2.03. The maximum atomic E-state index is 10.9. The van der Waals surface area contributed by atoms with Gasteiger partial charge in [-0.25, -0.2) is 4.79 Å². The molecule has 1 aromatic heterocycles. The first-order valence-corrected chi connectivity index (χ1v) is 4.06. The Balaban J connectivity index is 2.82. The SMILES string of the molecule is CC(N)c1cccc2[nH]c(=O)oc12. The summed E-state index contributed by atoms with van der Waals surface area (Å²) in [6.07, 6.45) is 0. The third kappa shape index (κ3) is 1.25. The van der Waals surface area contributed by atoms with Crippen molar-refractivity contribution in [2.24, 2.45) is 5.73 Å². The average Bonchev–Trinajstić information content (AvgIpc) is 2.43. The van der Waals surface area contributed by atoms with E-state index < -0.39 is 5.76 Å². The van der Waals surface area contributed by atoms with E-state index in [-0.39, 0.29) is 6.04 Å². The molecule has 4 nitrogen and oxygen atoms in total. The number of oxazole rings is 1. The van der Waals surface area contributed by atoms with E-state index in [1.807, 2.05) is 19.1 Å². The minimum absolute atomic E-state index is 0.136. The van der Waals surface area contributed by atoms with Gasteiger partial charge in [-0.05, 0) is 13.0 Å². The Morgan fingerprint density at radius 1 is 1.54 bits per heavy atom. The Bertz CT molecular complexity index is 482. The second-order valence-electron chi connectivity index (χ2n) is 3.03. The molecule has 0 bridgehead atoms. The molecule has 3 N–H and O–H groups in total. The van der Waals surface area contributed by atoms with Gasteiger partial charge < -0.3 is 10.2 Å². The van der Waals surface area contributed by atoms with E-state index in [2.05, 4.69) is 4.98 Å². The number of benzene rings is 1. The minimum atomic E-state index is -0.442. The van der Waals surface area contributed by atoms with Crippen molar-refractivity contribution in [1.29, 1.82) is 0 Å². The van der Waals surface area contributed by atoms with Gasteiger partial charge in [0, 0.05) is 11.6 Å². The van der Waals surface area contributed by atoms with Crippen LogP contribution in [0.3, 0.4) is 0 Å². The topological polar surface area (TPSA) is 72.0 Å². The monoisotopic (exact) mass is 178 g/mol. The first kappa shape index (κ1) is 8.07. The van der Waals surface area contributed by atoms with Crippen LogP contribution in [0.5, 0.6) is 0 Å². The number of fused-ring (bicyclic) bond motifs is 1. The van der Waals surface area contributed by atoms with Gasteiger partial charge in [-0.2, -0.15) is 0 Å². The minimum Gasteiger partial charge on any atom is -0.408 e. The quantitative estimate of drug-likeness (QED) is 0.687. The smallest absolute Gasteiger partial charge is 0.408 e. The van der Waals surface area contributed by atoms with Gasteiger partial charge in [0.15, 0.2) is 5.58 Å². The highest BCUT2D eigenvalue weighted by atomic mass is 16.4. The molecule has 0 fully saturated rings. The molecule has 0 radical (unpaired) electrons. The number of para-hydroxylation sites is 1. The van der Waals surface area contributed by atoms with Gasteiger partial charge >= 0.3 is 5.76 Å². The summed E-state index contributed by atoms with van der Waals surface area (Å²) in [5.41, 5.74) is 7.81. The molecule has 2 rings (SSSR count). The van der Waals surface area contributed by atoms with E-state index in [1.54, 1.807) is 6.07 Å². The highest BCUT2D eigenvalue weighted by Gasteiger charge is 2.08. The second kappa shape index (κ2) is 2.74. The summed E-state index contributed by atoms with van der Waals surface area (Å²) >= 11 is 0. The summed E-state index contributed by atoms with van der Waals surface area (Å²) in [7, 11) is 0. The van der Waals surface area contributed by atoms with Gasteiger partial charge in [-0.1, -0.05) is 12.1 Å². The van der Waals surface area contributed by atoms with Crippen molar-refractivity contribution in [1.82, 2.24) is 4.98 Å². The predicted molar refractivity (Wildman–Crippen MR) is 49.4 cm³/mol. The molecule has 1 aromatic carbocycles. The molecular formula is C9H10N2O2. The van der Waals surface area contributed by atoms with Crippen LogP contribution >= 0.6 is 0 Å². The molecule has 1 unspecified atom stereocenters. The molecule has 68 valence electrons. The van der Waals surface area contributed by atoms with Crippen molar-refractivity contribution in [3.05, 3.63) is 34.3 Å². The van der Waals surface area contributed by atoms with E-state index in [9.17, 15) is 4.79 Å². The van der Waals surface area contributed by atoms with Crippen LogP contribution in [0, 0.1) is 0 Å². The number of hydrogen-bond acceptors (Lipinski definition) is 3. The zero-order valence-corrected chi connectivity index (χ0v) is 7.20. The summed E-state index contributed by atoms with van der Waals surface area (Å²) in [4.78, 5) is 13.5. The molecular weight excluding hydrogens is 168 g/mol. The maximum Gasteiger partial charge on any atom is 0.417 e. The summed E-state index contributed by atoms with van der Waals surface area (Å²) in [5, 5.41) is 0. The summed E-state index contributed by atoms with van der Waals surface area (Å²) in [6, 6.07) is 5.34. The summed E-state index contributed by atoms with van der Waals surface area (Å²) in [5.74, 6) is -0.442. The van der Waals surface area contributed by atoms with Crippen LogP contribution in [-0.2, 0) is 0 Å². The van der Waals surface area contributed by atoms with E-state index >= 15 is 0 Å². The van der Waals surface area contributed by atoms with Crippen LogP contribution in [0.15, 0.2) is 27.4 Å². The number of rotatable bonds is 1. The van der Waals surface area contributed by atoms with Crippen molar-refractivity contribution in [3.8, 4) is 0 Å². The predicted octanol–water partition coefficient (Wildman–Crippen LogP) is 1.14. The van der Waals surface area contributed by atoms with Crippen LogP contribution in [-0.4, -0.2) is 4.98 Å². The number of H-pyrrole nitrogens is 1. The zero-order valence-electron chi connectivity index (χ0n) is 7.20. The Hall–Kier alpha value is -1.55. The van der Waals surface area contributed by atoms with Gasteiger partial charge in [-0.3, -0.25) is 4.98 Å². The van der Waals surface area contributed by atoms with Crippen molar-refractivity contribution in [3.63, 3.8) is 0 Å². The molecule has 0 aliphatic rings. The molecule has 0 spiro atoms. The van der Waals surface area contributed by atoms with Crippen LogP contribution < -0.4 is 11.5 Å². The Morgan fingerprint density at radius 2 is 2.31 bits per heavy atom. The average molecular weight is 178 g/mol. The van der Waals surface area contributed by atoms with Gasteiger partial charge in [0.2, 0.25) is 0 Å². The van der Waals surface area contributed by atoms with E-state index in [0.29, 0.717) is 11.1 Å². The molecule has 13 heavy (non-hydrogen) atoms. The van der Waals surface area contributed by atoms with E-state index in [0.717, 1.165) is 5.56 Å². The molecule has 0 aliphatic carbocycles. The highest BCUT2D eigenvalue weighted by molar-refractivity contribution is 5.76. The first-order chi connectivity index (χ1) is 6.18. The fourth-order valence-electron chi connectivity index (χ4n) is 1.35. The van der Waals surface area contributed by atoms with E-state index in [4.69, 9.17) is 10.2 Å². The molecule has 1 atom stereocenters. The second-order valence-corrected chi connectivity index (χ2v) is 3.03. The number of nitrogens with two attached hydrogens (primary N) is 1. The van der Waals surface area contributed by atoms with Crippen molar-refractivity contribution in [2.75, 3.05) is 0 Å². The van der Waals surface area contributed by atoms with Gasteiger partial charge in [-0.15, -0.1) is 0 Å². The number of aromatic amines is 1. The summed E-state index contributed by atoms with van der Waals surface area (Å²) < 4.78 is 4.97. The van der Waals surface area contributed by atoms with Crippen molar-refractivity contribution in [2.45, 2.75) is 13.0 Å². The fourth-order valence-corrected chi connectivity index (χ4v) is 1.35. The Morgan fingerprint density at radius 3 is 3.00 bits per heavy atom. The normalized spacial score (nSPS) is 13.4. The Kier molecular flexibility index (Phi) is 1.70. The van der Waals surface area contributed by atoms with Crippen LogP contribution in [0.4, 0.5) is 0 Å². The van der Waals surface area contributed by atoms with Gasteiger partial charge in [0.05, 0.1) is 5.52 Å². The Labute approximate surface area is 74.4 Å². The zero-order chi connectivity index (χ0) is 9.42. The molecule has 0 saturated heterocycles. The maximum absolute atomic E-state index is 10.9. The van der Waals surface area contributed by atoms with Crippen LogP contribution in [0.2, 0.25) is 0 Å².